The first-order chi connectivity index (χ1) is 7.41. The summed E-state index contributed by atoms with van der Waals surface area (Å²) < 4.78 is 0. The van der Waals surface area contributed by atoms with Crippen molar-refractivity contribution < 1.29 is 0 Å². The Labute approximate surface area is 99.1 Å². The minimum atomic E-state index is 1.26. The number of allylic oxidation sites excluding steroid dienone is 1. The van der Waals surface area contributed by atoms with Crippen LogP contribution in [0.4, 0.5) is 0 Å². The smallest absolute Gasteiger partial charge is 0.0347 e. The minimum absolute atomic E-state index is 1.26. The highest BCUT2D eigenvalue weighted by Crippen LogP contribution is 2.11. The SMILES string of the molecule is CCCCCCCCCCCC/C=C/P. The average Bonchev–Trinajstić information content (AvgIpc) is 2.26. The zero-order valence-electron chi connectivity index (χ0n) is 10.5. The zero-order chi connectivity index (χ0) is 11.2. The summed E-state index contributed by atoms with van der Waals surface area (Å²) in [7, 11) is 2.63. The normalized spacial score (nSPS) is 11.3. The van der Waals surface area contributed by atoms with Crippen molar-refractivity contribution >= 4 is 9.24 Å². The van der Waals surface area contributed by atoms with Gasteiger partial charge in [0.2, 0.25) is 0 Å². The molecule has 1 heteroatoms. The van der Waals surface area contributed by atoms with E-state index in [1.54, 1.807) is 0 Å². The van der Waals surface area contributed by atoms with Crippen LogP contribution in [0.3, 0.4) is 0 Å². The predicted octanol–water partition coefficient (Wildman–Crippen LogP) is 5.69. The van der Waals surface area contributed by atoms with Crippen molar-refractivity contribution in [3.05, 3.63) is 11.9 Å². The highest BCUT2D eigenvalue weighted by atomic mass is 31.0. The lowest BCUT2D eigenvalue weighted by Gasteiger charge is -2.01. The third-order valence-corrected chi connectivity index (χ3v) is 3.13. The van der Waals surface area contributed by atoms with Crippen LogP contribution in [0.2, 0.25) is 0 Å². The van der Waals surface area contributed by atoms with Gasteiger partial charge in [0.1, 0.15) is 0 Å². The molecule has 0 saturated heterocycles. The monoisotopic (exact) mass is 228 g/mol. The Morgan fingerprint density at radius 3 is 1.67 bits per heavy atom. The van der Waals surface area contributed by atoms with Crippen molar-refractivity contribution in [2.45, 2.75) is 77.6 Å². The van der Waals surface area contributed by atoms with Crippen LogP contribution >= 0.6 is 9.24 Å². The lowest BCUT2D eigenvalue weighted by Crippen LogP contribution is -1.81. The van der Waals surface area contributed by atoms with E-state index in [0.717, 1.165) is 0 Å². The van der Waals surface area contributed by atoms with Crippen LogP contribution in [-0.4, -0.2) is 0 Å². The van der Waals surface area contributed by atoms with E-state index in [1.165, 1.54) is 70.6 Å². The van der Waals surface area contributed by atoms with Gasteiger partial charge in [-0.15, -0.1) is 9.24 Å². The van der Waals surface area contributed by atoms with E-state index in [2.05, 4.69) is 28.1 Å². The zero-order valence-corrected chi connectivity index (χ0v) is 11.7. The van der Waals surface area contributed by atoms with Gasteiger partial charge in [0.15, 0.2) is 0 Å². The molecule has 0 aromatic heterocycles. The Morgan fingerprint density at radius 2 is 1.20 bits per heavy atom. The largest absolute Gasteiger partial charge is 0.114 e. The molecule has 0 aromatic rings. The molecule has 1 atom stereocenters. The van der Waals surface area contributed by atoms with Crippen molar-refractivity contribution in [3.63, 3.8) is 0 Å². The Hall–Kier alpha value is 0.170. The van der Waals surface area contributed by atoms with Crippen LogP contribution in [-0.2, 0) is 0 Å². The second-order valence-electron chi connectivity index (χ2n) is 4.40. The number of hydrogen-bond donors (Lipinski definition) is 0. The van der Waals surface area contributed by atoms with Gasteiger partial charge < -0.3 is 0 Å². The Kier molecular flexibility index (Phi) is 14.3. The first kappa shape index (κ1) is 15.2. The van der Waals surface area contributed by atoms with Crippen molar-refractivity contribution in [2.75, 3.05) is 0 Å². The maximum Gasteiger partial charge on any atom is -0.0347 e. The molecule has 0 aromatic carbocycles. The summed E-state index contributed by atoms with van der Waals surface area (Å²) >= 11 is 0. The maximum atomic E-state index is 2.63. The molecule has 0 nitrogen and oxygen atoms in total. The van der Waals surface area contributed by atoms with Gasteiger partial charge in [-0.1, -0.05) is 76.6 Å². The number of rotatable bonds is 11. The van der Waals surface area contributed by atoms with Crippen LogP contribution < -0.4 is 0 Å². The van der Waals surface area contributed by atoms with Gasteiger partial charge in [-0.05, 0) is 12.8 Å². The third-order valence-electron chi connectivity index (χ3n) is 2.86. The molecule has 0 heterocycles. The molecule has 0 aliphatic carbocycles. The highest BCUT2D eigenvalue weighted by Gasteiger charge is 1.91. The first-order valence-corrected chi connectivity index (χ1v) is 7.45. The fraction of sp³-hybridized carbons (Fsp3) is 0.857. The molecule has 0 aliphatic heterocycles. The molecule has 0 spiro atoms. The predicted molar refractivity (Wildman–Crippen MR) is 75.3 cm³/mol. The molecule has 0 rings (SSSR count). The number of unbranched alkanes of at least 4 members (excludes halogenated alkanes) is 10. The molecule has 0 amide bonds. The second-order valence-corrected chi connectivity index (χ2v) is 4.78. The quantitative estimate of drug-likeness (QED) is 0.315. The minimum Gasteiger partial charge on any atom is -0.114 e. The summed E-state index contributed by atoms with van der Waals surface area (Å²) in [6.45, 7) is 2.28. The van der Waals surface area contributed by atoms with E-state index in [4.69, 9.17) is 0 Å². The van der Waals surface area contributed by atoms with Crippen molar-refractivity contribution in [3.8, 4) is 0 Å². The van der Waals surface area contributed by atoms with Crippen LogP contribution in [0.1, 0.15) is 77.6 Å². The van der Waals surface area contributed by atoms with E-state index in [1.807, 2.05) is 0 Å². The third kappa shape index (κ3) is 14.2. The standard InChI is InChI=1S/C14H29P/c1-2-3-4-5-6-7-8-9-10-11-12-13-14-15/h13-14H,2-12,15H2,1H3/b14-13+. The van der Waals surface area contributed by atoms with Gasteiger partial charge in [-0.3, -0.25) is 0 Å². The Morgan fingerprint density at radius 1 is 0.733 bits per heavy atom. The fourth-order valence-electron chi connectivity index (χ4n) is 1.85. The topological polar surface area (TPSA) is 0 Å². The van der Waals surface area contributed by atoms with Gasteiger partial charge in [0.25, 0.3) is 0 Å². The fourth-order valence-corrected chi connectivity index (χ4v) is 2.04. The Bertz CT molecular complexity index is 129. The molecule has 0 saturated carbocycles. The molecular formula is C14H29P. The first-order valence-electron chi connectivity index (χ1n) is 6.78. The summed E-state index contributed by atoms with van der Waals surface area (Å²) in [5.41, 5.74) is 0. The second kappa shape index (κ2) is 14.2. The summed E-state index contributed by atoms with van der Waals surface area (Å²) in [4.78, 5) is 0. The summed E-state index contributed by atoms with van der Waals surface area (Å²) in [5, 5.41) is 0. The van der Waals surface area contributed by atoms with Crippen LogP contribution in [0.15, 0.2) is 11.9 Å². The maximum absolute atomic E-state index is 2.63. The molecule has 0 fully saturated rings. The summed E-state index contributed by atoms with van der Waals surface area (Å²) in [6, 6.07) is 0. The van der Waals surface area contributed by atoms with E-state index in [0.29, 0.717) is 0 Å². The number of hydrogen-bond acceptors (Lipinski definition) is 0. The summed E-state index contributed by atoms with van der Waals surface area (Å²) in [5.74, 6) is 2.08. The molecule has 90 valence electrons. The van der Waals surface area contributed by atoms with Gasteiger partial charge in [-0.2, -0.15) is 0 Å². The highest BCUT2D eigenvalue weighted by molar-refractivity contribution is 7.20. The van der Waals surface area contributed by atoms with E-state index in [9.17, 15) is 0 Å². The molecular weight excluding hydrogens is 199 g/mol. The Balaban J connectivity index is 2.86. The molecule has 0 aliphatic rings. The van der Waals surface area contributed by atoms with Crippen molar-refractivity contribution in [2.24, 2.45) is 0 Å². The van der Waals surface area contributed by atoms with Crippen LogP contribution in [0, 0.1) is 0 Å². The van der Waals surface area contributed by atoms with Gasteiger partial charge in [-0.25, -0.2) is 0 Å². The van der Waals surface area contributed by atoms with Gasteiger partial charge in [0.05, 0.1) is 0 Å². The molecule has 15 heavy (non-hydrogen) atoms. The van der Waals surface area contributed by atoms with E-state index in [-0.39, 0.29) is 0 Å². The lowest BCUT2D eigenvalue weighted by atomic mass is 10.1. The van der Waals surface area contributed by atoms with Crippen molar-refractivity contribution in [1.82, 2.24) is 0 Å². The van der Waals surface area contributed by atoms with E-state index >= 15 is 0 Å². The van der Waals surface area contributed by atoms with Gasteiger partial charge in [0, 0.05) is 0 Å². The molecule has 1 unspecified atom stereocenters. The molecule has 0 radical (unpaired) electrons. The van der Waals surface area contributed by atoms with Crippen molar-refractivity contribution in [1.29, 1.82) is 0 Å². The van der Waals surface area contributed by atoms with Gasteiger partial charge >= 0.3 is 0 Å². The molecule has 0 N–H and O–H groups in total. The summed E-state index contributed by atoms with van der Waals surface area (Å²) in [6.07, 6.45) is 17.8. The van der Waals surface area contributed by atoms with E-state index < -0.39 is 0 Å². The van der Waals surface area contributed by atoms with Crippen LogP contribution in [0.5, 0.6) is 0 Å². The van der Waals surface area contributed by atoms with Crippen LogP contribution in [0.25, 0.3) is 0 Å². The molecule has 0 bridgehead atoms. The lowest BCUT2D eigenvalue weighted by molar-refractivity contribution is 0.557. The average molecular weight is 228 g/mol.